The van der Waals surface area contributed by atoms with Gasteiger partial charge in [-0.15, -0.1) is 8.42 Å². The van der Waals surface area contributed by atoms with Gasteiger partial charge in [0.15, 0.2) is 4.33 Å². The maximum Gasteiger partial charge on any atom is 0.563 e. The van der Waals surface area contributed by atoms with Crippen molar-refractivity contribution in [2.75, 3.05) is 0 Å². The van der Waals surface area contributed by atoms with E-state index in [1.807, 2.05) is 0 Å². The van der Waals surface area contributed by atoms with Crippen LogP contribution in [0.4, 0.5) is 0 Å². The summed E-state index contributed by atoms with van der Waals surface area (Å²) in [7, 11) is -5.02. The molecule has 0 aliphatic carbocycles. The Bertz CT molecular complexity index is 558. The van der Waals surface area contributed by atoms with Gasteiger partial charge in [0.05, 0.1) is 0 Å². The molecule has 6 nitrogen and oxygen atoms in total. The lowest BCUT2D eigenvalue weighted by molar-refractivity contribution is -0.316. The van der Waals surface area contributed by atoms with Gasteiger partial charge < -0.3 is 0 Å². The van der Waals surface area contributed by atoms with Gasteiger partial charge >= 0.3 is 10.3 Å². The SMILES string of the molecule is O=[N+]([O-])S(=O)(=O)O.c1ccc2ccccc2c1. The molecule has 0 unspecified atom stereocenters. The highest BCUT2D eigenvalue weighted by Gasteiger charge is 2.16. The summed E-state index contributed by atoms with van der Waals surface area (Å²) in [5, 5.41) is 11.6. The Hall–Kier alpha value is -1.99. The van der Waals surface area contributed by atoms with Crippen molar-refractivity contribution in [3.05, 3.63) is 58.6 Å². The molecule has 0 radical (unpaired) electrons. The molecule has 0 amide bonds. The van der Waals surface area contributed by atoms with Crippen LogP contribution < -0.4 is 0 Å². The molecule has 0 aromatic heterocycles. The van der Waals surface area contributed by atoms with Crippen LogP contribution >= 0.6 is 0 Å². The molecule has 0 atom stereocenters. The Morgan fingerprint density at radius 2 is 1.18 bits per heavy atom. The van der Waals surface area contributed by atoms with Crippen LogP contribution in [0.1, 0.15) is 0 Å². The molecule has 2 rings (SSSR count). The minimum absolute atomic E-state index is 1.31. The summed E-state index contributed by atoms with van der Waals surface area (Å²) in [4.78, 5) is 8.99. The molecule has 0 aliphatic rings. The number of nitro groups is 1. The quantitative estimate of drug-likeness (QED) is 0.476. The average Bonchev–Trinajstić information content (AvgIpc) is 2.29. The van der Waals surface area contributed by atoms with Crippen LogP contribution in [0.25, 0.3) is 10.8 Å². The molecule has 0 spiro atoms. The maximum absolute atomic E-state index is 9.19. The summed E-state index contributed by atoms with van der Waals surface area (Å²) in [5.74, 6) is 0. The summed E-state index contributed by atoms with van der Waals surface area (Å²) < 4.78 is 24.0. The van der Waals surface area contributed by atoms with Crippen LogP contribution in [0.2, 0.25) is 0 Å². The molecule has 17 heavy (non-hydrogen) atoms. The first-order chi connectivity index (χ1) is 7.91. The third-order valence-electron chi connectivity index (χ3n) is 1.85. The maximum atomic E-state index is 9.19. The summed E-state index contributed by atoms with van der Waals surface area (Å²) in [6.45, 7) is 0. The van der Waals surface area contributed by atoms with Gasteiger partial charge in [0.25, 0.3) is 0 Å². The molecule has 0 bridgehead atoms. The van der Waals surface area contributed by atoms with Crippen LogP contribution in [-0.2, 0) is 10.3 Å². The van der Waals surface area contributed by atoms with Crippen molar-refractivity contribution in [2.45, 2.75) is 0 Å². The number of hydrogen-bond donors (Lipinski definition) is 1. The van der Waals surface area contributed by atoms with Gasteiger partial charge in [0.1, 0.15) is 0 Å². The molecule has 0 aliphatic heterocycles. The number of nitrogens with zero attached hydrogens (tertiary/aromatic N) is 1. The smallest absolute Gasteiger partial charge is 0.245 e. The third kappa shape index (κ3) is 4.17. The predicted molar refractivity (Wildman–Crippen MR) is 62.5 cm³/mol. The van der Waals surface area contributed by atoms with Crippen LogP contribution in [-0.4, -0.2) is 17.3 Å². The van der Waals surface area contributed by atoms with Crippen molar-refractivity contribution in [3.8, 4) is 0 Å². The molecular formula is C10H9NO5S. The van der Waals surface area contributed by atoms with Gasteiger partial charge in [0.2, 0.25) is 0 Å². The summed E-state index contributed by atoms with van der Waals surface area (Å²) in [6, 6.07) is 16.7. The zero-order chi connectivity index (χ0) is 12.9. The second-order valence-electron chi connectivity index (χ2n) is 3.02. The largest absolute Gasteiger partial charge is 0.563 e. The molecular weight excluding hydrogens is 246 g/mol. The zero-order valence-corrected chi connectivity index (χ0v) is 9.37. The van der Waals surface area contributed by atoms with E-state index in [4.69, 9.17) is 14.7 Å². The van der Waals surface area contributed by atoms with E-state index in [0.717, 1.165) is 0 Å². The summed E-state index contributed by atoms with van der Waals surface area (Å²) in [5.41, 5.74) is 0. The third-order valence-corrected chi connectivity index (χ3v) is 2.22. The van der Waals surface area contributed by atoms with E-state index < -0.39 is 14.6 Å². The highest BCUT2D eigenvalue weighted by Crippen LogP contribution is 2.11. The van der Waals surface area contributed by atoms with Crippen molar-refractivity contribution in [1.82, 2.24) is 0 Å². The van der Waals surface area contributed by atoms with Crippen molar-refractivity contribution >= 4 is 21.1 Å². The van der Waals surface area contributed by atoms with E-state index in [1.54, 1.807) is 0 Å². The van der Waals surface area contributed by atoms with Crippen molar-refractivity contribution < 1.29 is 17.3 Å². The average molecular weight is 255 g/mol. The van der Waals surface area contributed by atoms with Crippen molar-refractivity contribution in [1.29, 1.82) is 0 Å². The minimum Gasteiger partial charge on any atom is -0.245 e. The first kappa shape index (κ1) is 13.1. The van der Waals surface area contributed by atoms with Gasteiger partial charge in [-0.2, -0.15) is 0 Å². The van der Waals surface area contributed by atoms with Crippen LogP contribution in [0, 0.1) is 10.1 Å². The molecule has 7 heteroatoms. The van der Waals surface area contributed by atoms with E-state index in [-0.39, 0.29) is 0 Å². The van der Waals surface area contributed by atoms with Crippen LogP contribution in [0.5, 0.6) is 0 Å². The standard InChI is InChI=1S/C10H8.HNO5S/c1-2-6-10-8-4-3-7-9(10)5-1;2-1(3)7(4,5)6/h1-8H;(H,4,5,6). The predicted octanol–water partition coefficient (Wildman–Crippen LogP) is 1.91. The first-order valence-electron chi connectivity index (χ1n) is 4.47. The molecule has 0 fully saturated rings. The molecule has 2 aromatic rings. The normalized spacial score (nSPS) is 10.4. The van der Waals surface area contributed by atoms with Gasteiger partial charge in [-0.25, -0.2) is 14.7 Å². The van der Waals surface area contributed by atoms with Gasteiger partial charge in [0, 0.05) is 0 Å². The lowest BCUT2D eigenvalue weighted by atomic mass is 10.1. The van der Waals surface area contributed by atoms with Gasteiger partial charge in [-0.1, -0.05) is 48.5 Å². The minimum atomic E-state index is -5.02. The van der Waals surface area contributed by atoms with E-state index in [0.29, 0.717) is 0 Å². The second kappa shape index (κ2) is 5.37. The van der Waals surface area contributed by atoms with E-state index >= 15 is 0 Å². The number of rotatable bonds is 1. The lowest BCUT2D eigenvalue weighted by Crippen LogP contribution is -2.09. The number of benzene rings is 2. The van der Waals surface area contributed by atoms with Crippen LogP contribution in [0.15, 0.2) is 48.5 Å². The topological polar surface area (TPSA) is 97.5 Å². The zero-order valence-electron chi connectivity index (χ0n) is 8.55. The van der Waals surface area contributed by atoms with E-state index in [9.17, 15) is 8.42 Å². The molecule has 90 valence electrons. The Kier molecular flexibility index (Phi) is 4.13. The van der Waals surface area contributed by atoms with Crippen LogP contribution in [0.3, 0.4) is 0 Å². The number of fused-ring (bicyclic) bond motifs is 1. The number of hydrogen-bond acceptors (Lipinski definition) is 4. The Morgan fingerprint density at radius 1 is 0.941 bits per heavy atom. The van der Waals surface area contributed by atoms with Gasteiger partial charge in [-0.05, 0) is 10.8 Å². The summed E-state index contributed by atoms with van der Waals surface area (Å²) >= 11 is 0. The van der Waals surface area contributed by atoms with E-state index in [1.165, 1.54) is 10.8 Å². The fraction of sp³-hybridized carbons (Fsp3) is 0. The molecule has 0 saturated carbocycles. The van der Waals surface area contributed by atoms with Crippen molar-refractivity contribution in [3.63, 3.8) is 0 Å². The van der Waals surface area contributed by atoms with E-state index in [2.05, 4.69) is 48.5 Å². The Morgan fingerprint density at radius 3 is 1.35 bits per heavy atom. The Balaban J connectivity index is 0.000000185. The Labute approximate surface area is 97.5 Å². The fourth-order valence-electron chi connectivity index (χ4n) is 1.13. The lowest BCUT2D eigenvalue weighted by Gasteiger charge is -1.92. The molecule has 0 saturated heterocycles. The monoisotopic (exact) mass is 255 g/mol. The molecule has 0 heterocycles. The summed E-state index contributed by atoms with van der Waals surface area (Å²) in [6.07, 6.45) is 0. The molecule has 2 aromatic carbocycles. The molecule has 1 N–H and O–H groups in total. The van der Waals surface area contributed by atoms with Gasteiger partial charge in [-0.3, -0.25) is 0 Å². The fourth-order valence-corrected chi connectivity index (χ4v) is 1.13. The van der Waals surface area contributed by atoms with Crippen molar-refractivity contribution in [2.24, 2.45) is 0 Å². The highest BCUT2D eigenvalue weighted by molar-refractivity contribution is 7.79. The first-order valence-corrected chi connectivity index (χ1v) is 5.87. The second-order valence-corrected chi connectivity index (χ2v) is 4.21. The highest BCUT2D eigenvalue weighted by atomic mass is 32.2.